The Labute approximate surface area is 100 Å². The van der Waals surface area contributed by atoms with E-state index in [2.05, 4.69) is 0 Å². The highest BCUT2D eigenvalue weighted by atomic mass is 32.2. The summed E-state index contributed by atoms with van der Waals surface area (Å²) < 4.78 is 24.7. The van der Waals surface area contributed by atoms with Crippen LogP contribution in [0.2, 0.25) is 0 Å². The van der Waals surface area contributed by atoms with E-state index < -0.39 is 40.2 Å². The lowest BCUT2D eigenvalue weighted by Crippen LogP contribution is -2.48. The van der Waals surface area contributed by atoms with E-state index in [-0.39, 0.29) is 13.0 Å². The number of carbonyl (C=O) groups is 2. The first-order valence-electron chi connectivity index (χ1n) is 5.01. The molecule has 0 aromatic heterocycles. The van der Waals surface area contributed by atoms with Gasteiger partial charge in [-0.2, -0.15) is 4.31 Å². The van der Waals surface area contributed by atoms with E-state index in [1.165, 1.54) is 0 Å². The van der Waals surface area contributed by atoms with E-state index in [1.807, 2.05) is 0 Å². The van der Waals surface area contributed by atoms with Gasteiger partial charge >= 0.3 is 0 Å². The van der Waals surface area contributed by atoms with E-state index in [4.69, 9.17) is 17.2 Å². The van der Waals surface area contributed by atoms with Crippen molar-refractivity contribution < 1.29 is 18.0 Å². The largest absolute Gasteiger partial charge is 0.369 e. The molecular formula is C8H18N4O4S. The molecule has 0 aliphatic heterocycles. The van der Waals surface area contributed by atoms with Gasteiger partial charge < -0.3 is 17.2 Å². The molecule has 0 saturated carbocycles. The number of nitrogens with zero attached hydrogens (tertiary/aromatic N) is 1. The monoisotopic (exact) mass is 266 g/mol. The number of rotatable bonds is 8. The van der Waals surface area contributed by atoms with Gasteiger partial charge in [-0.1, -0.05) is 6.92 Å². The van der Waals surface area contributed by atoms with Gasteiger partial charge in [-0.25, -0.2) is 8.42 Å². The standard InChI is InChI=1S/C8H18N4O4S/c1-2-6(3-9)17(15,16)12(4-7(10)13)5-8(11)14/h6H,2-5,9H2,1H3,(H2,10,13)(H2,11,14). The third kappa shape index (κ3) is 4.67. The van der Waals surface area contributed by atoms with Gasteiger partial charge in [0.15, 0.2) is 0 Å². The van der Waals surface area contributed by atoms with Crippen LogP contribution in [0.1, 0.15) is 13.3 Å². The minimum Gasteiger partial charge on any atom is -0.369 e. The molecule has 1 atom stereocenters. The Kier molecular flexibility index (Phi) is 6.07. The fourth-order valence-corrected chi connectivity index (χ4v) is 2.99. The van der Waals surface area contributed by atoms with Crippen molar-refractivity contribution in [2.75, 3.05) is 19.6 Å². The van der Waals surface area contributed by atoms with Gasteiger partial charge in [0.25, 0.3) is 0 Å². The number of hydrogen-bond acceptors (Lipinski definition) is 5. The maximum Gasteiger partial charge on any atom is 0.232 e. The van der Waals surface area contributed by atoms with E-state index in [0.717, 1.165) is 0 Å². The van der Waals surface area contributed by atoms with Gasteiger partial charge in [0, 0.05) is 6.54 Å². The van der Waals surface area contributed by atoms with Crippen molar-refractivity contribution in [1.29, 1.82) is 0 Å². The average Bonchev–Trinajstić information content (AvgIpc) is 2.16. The number of nitrogens with two attached hydrogens (primary N) is 3. The number of sulfonamides is 1. The molecule has 0 aliphatic carbocycles. The van der Waals surface area contributed by atoms with Crippen molar-refractivity contribution in [2.45, 2.75) is 18.6 Å². The SMILES string of the molecule is CCC(CN)S(=O)(=O)N(CC(N)=O)CC(N)=O. The fourth-order valence-electron chi connectivity index (χ4n) is 1.29. The number of primary amides is 2. The molecule has 0 aliphatic rings. The second-order valence-corrected chi connectivity index (χ2v) is 5.72. The minimum atomic E-state index is -3.85. The first-order chi connectivity index (χ1) is 7.75. The van der Waals surface area contributed by atoms with Crippen LogP contribution in [0.25, 0.3) is 0 Å². The third-order valence-corrected chi connectivity index (χ3v) is 4.51. The van der Waals surface area contributed by atoms with E-state index >= 15 is 0 Å². The third-order valence-electron chi connectivity index (χ3n) is 2.16. The normalized spacial score (nSPS) is 13.6. The molecule has 8 nitrogen and oxygen atoms in total. The summed E-state index contributed by atoms with van der Waals surface area (Å²) in [5.74, 6) is -1.72. The topological polar surface area (TPSA) is 150 Å². The molecule has 0 aromatic rings. The lowest BCUT2D eigenvalue weighted by molar-refractivity contribution is -0.120. The van der Waals surface area contributed by atoms with Gasteiger partial charge in [0.1, 0.15) is 0 Å². The minimum absolute atomic E-state index is 0.104. The fraction of sp³-hybridized carbons (Fsp3) is 0.750. The van der Waals surface area contributed by atoms with Gasteiger partial charge in [0.05, 0.1) is 18.3 Å². The molecule has 0 aromatic carbocycles. The lowest BCUT2D eigenvalue weighted by Gasteiger charge is -2.24. The van der Waals surface area contributed by atoms with Crippen molar-refractivity contribution in [2.24, 2.45) is 17.2 Å². The zero-order valence-corrected chi connectivity index (χ0v) is 10.4. The van der Waals surface area contributed by atoms with Crippen LogP contribution in [0.5, 0.6) is 0 Å². The number of hydrogen-bond donors (Lipinski definition) is 3. The molecule has 6 N–H and O–H groups in total. The van der Waals surface area contributed by atoms with Crippen LogP contribution in [0, 0.1) is 0 Å². The summed E-state index contributed by atoms with van der Waals surface area (Å²) in [5, 5.41) is -0.860. The Morgan fingerprint density at radius 2 is 1.59 bits per heavy atom. The zero-order valence-electron chi connectivity index (χ0n) is 9.63. The summed E-state index contributed by atoms with van der Waals surface area (Å²) in [6, 6.07) is 0. The van der Waals surface area contributed by atoms with E-state index in [1.54, 1.807) is 6.92 Å². The van der Waals surface area contributed by atoms with Crippen LogP contribution in [0.15, 0.2) is 0 Å². The highest BCUT2D eigenvalue weighted by molar-refractivity contribution is 7.89. The Balaban J connectivity index is 5.13. The summed E-state index contributed by atoms with van der Waals surface area (Å²) >= 11 is 0. The van der Waals surface area contributed by atoms with Crippen LogP contribution in [-0.2, 0) is 19.6 Å². The van der Waals surface area contributed by atoms with Crippen LogP contribution in [-0.4, -0.2) is 49.4 Å². The highest BCUT2D eigenvalue weighted by Gasteiger charge is 2.31. The Bertz CT molecular complexity index is 361. The molecule has 0 rings (SSSR count). The molecule has 0 bridgehead atoms. The Hall–Kier alpha value is -1.19. The van der Waals surface area contributed by atoms with Crippen molar-refractivity contribution in [3.8, 4) is 0 Å². The van der Waals surface area contributed by atoms with Gasteiger partial charge in [0.2, 0.25) is 21.8 Å². The predicted molar refractivity (Wildman–Crippen MR) is 62.0 cm³/mol. The molecule has 0 radical (unpaired) electrons. The lowest BCUT2D eigenvalue weighted by atomic mass is 10.3. The first kappa shape index (κ1) is 15.8. The molecule has 1 unspecified atom stereocenters. The zero-order chi connectivity index (χ0) is 13.6. The summed E-state index contributed by atoms with van der Waals surface area (Å²) in [5.41, 5.74) is 15.2. The van der Waals surface area contributed by atoms with Gasteiger partial charge in [-0.15, -0.1) is 0 Å². The Morgan fingerprint density at radius 3 is 1.82 bits per heavy atom. The molecule has 9 heteroatoms. The average molecular weight is 266 g/mol. The van der Waals surface area contributed by atoms with Crippen molar-refractivity contribution in [1.82, 2.24) is 4.31 Å². The molecule has 100 valence electrons. The van der Waals surface area contributed by atoms with E-state index in [9.17, 15) is 18.0 Å². The quantitative estimate of drug-likeness (QED) is 0.437. The molecule has 0 saturated heterocycles. The summed E-state index contributed by atoms with van der Waals surface area (Å²) in [4.78, 5) is 21.5. The van der Waals surface area contributed by atoms with E-state index in [0.29, 0.717) is 4.31 Å². The summed E-state index contributed by atoms with van der Waals surface area (Å²) in [7, 11) is -3.85. The predicted octanol–water partition coefficient (Wildman–Crippen LogP) is -2.67. The van der Waals surface area contributed by atoms with Gasteiger partial charge in [-0.05, 0) is 6.42 Å². The molecule has 17 heavy (non-hydrogen) atoms. The summed E-state index contributed by atoms with van der Waals surface area (Å²) in [6.07, 6.45) is 0.271. The van der Waals surface area contributed by atoms with Crippen molar-refractivity contribution in [3.63, 3.8) is 0 Å². The van der Waals surface area contributed by atoms with Crippen LogP contribution in [0.3, 0.4) is 0 Å². The van der Waals surface area contributed by atoms with Crippen molar-refractivity contribution >= 4 is 21.8 Å². The summed E-state index contributed by atoms with van der Waals surface area (Å²) in [6.45, 7) is 0.373. The second kappa shape index (κ2) is 6.52. The number of carbonyl (C=O) groups excluding carboxylic acids is 2. The smallest absolute Gasteiger partial charge is 0.232 e. The Morgan fingerprint density at radius 1 is 1.18 bits per heavy atom. The molecule has 2 amide bonds. The number of amides is 2. The first-order valence-corrected chi connectivity index (χ1v) is 6.51. The van der Waals surface area contributed by atoms with Crippen LogP contribution >= 0.6 is 0 Å². The van der Waals surface area contributed by atoms with Crippen LogP contribution in [0.4, 0.5) is 0 Å². The maximum absolute atomic E-state index is 12.0. The second-order valence-electron chi connectivity index (χ2n) is 3.51. The molecule has 0 heterocycles. The molecule has 0 spiro atoms. The van der Waals surface area contributed by atoms with Crippen LogP contribution < -0.4 is 17.2 Å². The highest BCUT2D eigenvalue weighted by Crippen LogP contribution is 2.11. The molecular weight excluding hydrogens is 248 g/mol. The van der Waals surface area contributed by atoms with Crippen molar-refractivity contribution in [3.05, 3.63) is 0 Å². The molecule has 0 fully saturated rings. The van der Waals surface area contributed by atoms with Gasteiger partial charge in [-0.3, -0.25) is 9.59 Å². The maximum atomic E-state index is 12.0.